The summed E-state index contributed by atoms with van der Waals surface area (Å²) in [6.45, 7) is 4.95. The number of hydrogen-bond acceptors (Lipinski definition) is 2. The molecular formula is C19H25ClN2O. The molecule has 0 bridgehead atoms. The van der Waals surface area contributed by atoms with Crippen LogP contribution in [0.1, 0.15) is 25.3 Å². The van der Waals surface area contributed by atoms with Crippen molar-refractivity contribution in [1.29, 1.82) is 0 Å². The fraction of sp³-hybridized carbons (Fsp3) is 0.421. The number of carbonyl (C=O) groups is 1. The predicted molar refractivity (Wildman–Crippen MR) is 98.2 cm³/mol. The van der Waals surface area contributed by atoms with Crippen LogP contribution in [0.25, 0.3) is 10.8 Å². The quantitative estimate of drug-likeness (QED) is 0.910. The third-order valence-corrected chi connectivity index (χ3v) is 4.43. The first-order chi connectivity index (χ1) is 10.8. The number of nitrogens with zero attached hydrogens (tertiary/aromatic N) is 1. The molecule has 0 radical (unpaired) electrons. The standard InChI is InChI=1S/C19H24N2O.ClH/c1-2-11-21(18-9-10-20-14-18)19(22)13-15-7-8-16-5-3-4-6-17(16)12-15;/h3-8,12,18,20H,2,9-11,13-14H2,1H3;1H. The van der Waals surface area contributed by atoms with Crippen LogP contribution in [0.2, 0.25) is 0 Å². The highest BCUT2D eigenvalue weighted by Gasteiger charge is 2.25. The minimum absolute atomic E-state index is 0. The normalized spacial score (nSPS) is 17.0. The van der Waals surface area contributed by atoms with Crippen molar-refractivity contribution in [2.24, 2.45) is 0 Å². The lowest BCUT2D eigenvalue weighted by Gasteiger charge is -2.28. The van der Waals surface area contributed by atoms with E-state index in [1.807, 2.05) is 12.1 Å². The number of nitrogens with one attached hydrogen (secondary N) is 1. The van der Waals surface area contributed by atoms with Gasteiger partial charge in [0.15, 0.2) is 0 Å². The smallest absolute Gasteiger partial charge is 0.227 e. The van der Waals surface area contributed by atoms with Crippen LogP contribution < -0.4 is 5.32 Å². The summed E-state index contributed by atoms with van der Waals surface area (Å²) in [5.74, 6) is 0.255. The first kappa shape index (κ1) is 17.8. The second kappa shape index (κ2) is 8.32. The molecule has 0 aromatic heterocycles. The number of halogens is 1. The Kier molecular flexibility index (Phi) is 6.43. The van der Waals surface area contributed by atoms with E-state index in [0.29, 0.717) is 12.5 Å². The average Bonchev–Trinajstić information content (AvgIpc) is 3.06. The minimum atomic E-state index is 0. The lowest BCUT2D eigenvalue weighted by atomic mass is 10.0. The van der Waals surface area contributed by atoms with E-state index in [1.165, 1.54) is 10.8 Å². The highest BCUT2D eigenvalue weighted by molar-refractivity contribution is 5.86. The van der Waals surface area contributed by atoms with Gasteiger partial charge in [0.05, 0.1) is 6.42 Å². The van der Waals surface area contributed by atoms with E-state index < -0.39 is 0 Å². The maximum absolute atomic E-state index is 12.7. The van der Waals surface area contributed by atoms with Crippen LogP contribution >= 0.6 is 12.4 Å². The van der Waals surface area contributed by atoms with Gasteiger partial charge in [-0.25, -0.2) is 0 Å². The summed E-state index contributed by atoms with van der Waals surface area (Å²) in [7, 11) is 0. The molecule has 1 atom stereocenters. The Morgan fingerprint density at radius 1 is 1.22 bits per heavy atom. The van der Waals surface area contributed by atoms with Gasteiger partial charge in [0, 0.05) is 19.1 Å². The first-order valence-electron chi connectivity index (χ1n) is 8.26. The van der Waals surface area contributed by atoms with Crippen LogP contribution in [-0.2, 0) is 11.2 Å². The van der Waals surface area contributed by atoms with Crippen LogP contribution in [0.4, 0.5) is 0 Å². The Hall–Kier alpha value is -1.58. The molecule has 1 saturated heterocycles. The van der Waals surface area contributed by atoms with Gasteiger partial charge in [-0.1, -0.05) is 49.4 Å². The number of hydrogen-bond donors (Lipinski definition) is 1. The molecule has 3 nitrogen and oxygen atoms in total. The Labute approximate surface area is 144 Å². The second-order valence-electron chi connectivity index (χ2n) is 6.09. The lowest BCUT2D eigenvalue weighted by molar-refractivity contribution is -0.132. The molecule has 2 aromatic rings. The molecule has 0 aliphatic carbocycles. The number of rotatable bonds is 5. The Balaban J connectivity index is 0.00000192. The van der Waals surface area contributed by atoms with Crippen molar-refractivity contribution >= 4 is 29.1 Å². The molecule has 1 unspecified atom stereocenters. The van der Waals surface area contributed by atoms with Crippen LogP contribution in [0.3, 0.4) is 0 Å². The van der Waals surface area contributed by atoms with Gasteiger partial charge in [-0.2, -0.15) is 0 Å². The highest BCUT2D eigenvalue weighted by Crippen LogP contribution is 2.18. The lowest BCUT2D eigenvalue weighted by Crippen LogP contribution is -2.42. The van der Waals surface area contributed by atoms with Crippen molar-refractivity contribution in [3.8, 4) is 0 Å². The second-order valence-corrected chi connectivity index (χ2v) is 6.09. The van der Waals surface area contributed by atoms with Gasteiger partial charge in [0.1, 0.15) is 0 Å². The molecule has 0 spiro atoms. The molecule has 23 heavy (non-hydrogen) atoms. The summed E-state index contributed by atoms with van der Waals surface area (Å²) in [5, 5.41) is 5.79. The molecule has 2 aromatic carbocycles. The molecule has 1 aliphatic heterocycles. The molecule has 3 rings (SSSR count). The maximum Gasteiger partial charge on any atom is 0.227 e. The van der Waals surface area contributed by atoms with Gasteiger partial charge < -0.3 is 10.2 Å². The molecule has 0 saturated carbocycles. The Bertz CT molecular complexity index is 653. The molecule has 4 heteroatoms. The zero-order valence-corrected chi connectivity index (χ0v) is 14.4. The Morgan fingerprint density at radius 3 is 2.70 bits per heavy atom. The monoisotopic (exact) mass is 332 g/mol. The van der Waals surface area contributed by atoms with Crippen molar-refractivity contribution < 1.29 is 4.79 Å². The van der Waals surface area contributed by atoms with Crippen LogP contribution in [0, 0.1) is 0 Å². The largest absolute Gasteiger partial charge is 0.338 e. The summed E-state index contributed by atoms with van der Waals surface area (Å²) >= 11 is 0. The van der Waals surface area contributed by atoms with Crippen molar-refractivity contribution in [1.82, 2.24) is 10.2 Å². The maximum atomic E-state index is 12.7. The molecule has 124 valence electrons. The molecule has 1 heterocycles. The highest BCUT2D eigenvalue weighted by atomic mass is 35.5. The van der Waals surface area contributed by atoms with Crippen molar-refractivity contribution in [3.05, 3.63) is 48.0 Å². The summed E-state index contributed by atoms with van der Waals surface area (Å²) in [6, 6.07) is 15.0. The zero-order chi connectivity index (χ0) is 15.4. The first-order valence-corrected chi connectivity index (χ1v) is 8.26. The van der Waals surface area contributed by atoms with Gasteiger partial charge in [-0.3, -0.25) is 4.79 Å². The van der Waals surface area contributed by atoms with Crippen molar-refractivity contribution in [2.75, 3.05) is 19.6 Å². The SMILES string of the molecule is CCCN(C(=O)Cc1ccc2ccccc2c1)C1CCNC1.Cl. The molecule has 1 amide bonds. The number of benzene rings is 2. The van der Waals surface area contributed by atoms with Gasteiger partial charge >= 0.3 is 0 Å². The van der Waals surface area contributed by atoms with Crippen LogP contribution in [0.5, 0.6) is 0 Å². The summed E-state index contributed by atoms with van der Waals surface area (Å²) < 4.78 is 0. The molecule has 1 N–H and O–H groups in total. The number of carbonyl (C=O) groups excluding carboxylic acids is 1. The fourth-order valence-electron chi connectivity index (χ4n) is 3.28. The Morgan fingerprint density at radius 2 is 2.00 bits per heavy atom. The van der Waals surface area contributed by atoms with Crippen LogP contribution in [-0.4, -0.2) is 36.5 Å². The van der Waals surface area contributed by atoms with Gasteiger partial charge in [0.2, 0.25) is 5.91 Å². The van der Waals surface area contributed by atoms with E-state index in [-0.39, 0.29) is 18.3 Å². The number of amides is 1. The minimum Gasteiger partial charge on any atom is -0.338 e. The van der Waals surface area contributed by atoms with E-state index >= 15 is 0 Å². The van der Waals surface area contributed by atoms with E-state index in [4.69, 9.17) is 0 Å². The molecular weight excluding hydrogens is 308 g/mol. The number of fused-ring (bicyclic) bond motifs is 1. The predicted octanol–water partition coefficient (Wildman–Crippen LogP) is 3.40. The molecule has 1 aliphatic rings. The van der Waals surface area contributed by atoms with Crippen LogP contribution in [0.15, 0.2) is 42.5 Å². The van der Waals surface area contributed by atoms with Gasteiger partial charge in [0.25, 0.3) is 0 Å². The van der Waals surface area contributed by atoms with E-state index in [1.54, 1.807) is 0 Å². The summed E-state index contributed by atoms with van der Waals surface area (Å²) in [6.07, 6.45) is 2.59. The van der Waals surface area contributed by atoms with Crippen molar-refractivity contribution in [3.63, 3.8) is 0 Å². The van der Waals surface area contributed by atoms with E-state index in [2.05, 4.69) is 47.5 Å². The van der Waals surface area contributed by atoms with Crippen molar-refractivity contribution in [2.45, 2.75) is 32.2 Å². The summed E-state index contributed by atoms with van der Waals surface area (Å²) in [5.41, 5.74) is 1.11. The average molecular weight is 333 g/mol. The third kappa shape index (κ3) is 4.24. The van der Waals surface area contributed by atoms with Gasteiger partial charge in [-0.15, -0.1) is 12.4 Å². The zero-order valence-electron chi connectivity index (χ0n) is 13.6. The van der Waals surface area contributed by atoms with E-state index in [9.17, 15) is 4.79 Å². The third-order valence-electron chi connectivity index (χ3n) is 4.43. The molecule has 1 fully saturated rings. The summed E-state index contributed by atoms with van der Waals surface area (Å²) in [4.78, 5) is 14.8. The topological polar surface area (TPSA) is 32.3 Å². The fourth-order valence-corrected chi connectivity index (χ4v) is 3.28. The van der Waals surface area contributed by atoms with Gasteiger partial charge in [-0.05, 0) is 35.7 Å². The van der Waals surface area contributed by atoms with E-state index in [0.717, 1.165) is 38.0 Å².